The molecule has 1 fully saturated rings. The Morgan fingerprint density at radius 3 is 3.00 bits per heavy atom. The zero-order chi connectivity index (χ0) is 16.4. The van der Waals surface area contributed by atoms with Crippen molar-refractivity contribution in [2.45, 2.75) is 44.7 Å². The zero-order valence-electron chi connectivity index (χ0n) is 13.5. The maximum atomic E-state index is 12.4. The fraction of sp³-hybridized carbons (Fsp3) is 0.529. The minimum Gasteiger partial charge on any atom is -0.354 e. The van der Waals surface area contributed by atoms with Crippen LogP contribution < -0.4 is 16.7 Å². The molecule has 1 aliphatic carbocycles. The zero-order valence-corrected chi connectivity index (χ0v) is 13.5. The number of para-hydroxylation sites is 2. The molecule has 0 bridgehead atoms. The largest absolute Gasteiger partial charge is 0.354 e. The van der Waals surface area contributed by atoms with Crippen LogP contribution in [0.15, 0.2) is 29.1 Å². The fourth-order valence-electron chi connectivity index (χ4n) is 3.53. The van der Waals surface area contributed by atoms with Gasteiger partial charge >= 0.3 is 5.69 Å². The maximum Gasteiger partial charge on any atom is 0.326 e. The van der Waals surface area contributed by atoms with Crippen molar-refractivity contribution in [2.24, 2.45) is 11.7 Å². The lowest BCUT2D eigenvalue weighted by Crippen LogP contribution is -2.53. The van der Waals surface area contributed by atoms with Crippen LogP contribution in [0, 0.1) is 5.92 Å². The van der Waals surface area contributed by atoms with Crippen LogP contribution in [0.2, 0.25) is 0 Å². The van der Waals surface area contributed by atoms with E-state index in [1.807, 2.05) is 31.2 Å². The molecular formula is C17H24N4O2. The number of amides is 1. The number of imidazole rings is 1. The van der Waals surface area contributed by atoms with Gasteiger partial charge in [0.15, 0.2) is 0 Å². The predicted molar refractivity (Wildman–Crippen MR) is 90.1 cm³/mol. The van der Waals surface area contributed by atoms with Crippen molar-refractivity contribution in [1.29, 1.82) is 0 Å². The van der Waals surface area contributed by atoms with Crippen molar-refractivity contribution in [2.75, 3.05) is 6.54 Å². The summed E-state index contributed by atoms with van der Waals surface area (Å²) in [7, 11) is 0. The highest BCUT2D eigenvalue weighted by Gasteiger charge is 2.37. The molecular weight excluding hydrogens is 292 g/mol. The van der Waals surface area contributed by atoms with Gasteiger partial charge in [-0.1, -0.05) is 25.0 Å². The van der Waals surface area contributed by atoms with Crippen LogP contribution in [0.1, 0.15) is 32.6 Å². The van der Waals surface area contributed by atoms with Crippen LogP contribution in [0.5, 0.6) is 0 Å². The van der Waals surface area contributed by atoms with Crippen molar-refractivity contribution in [3.63, 3.8) is 0 Å². The fourth-order valence-corrected chi connectivity index (χ4v) is 3.53. The molecule has 1 amide bonds. The molecule has 2 atom stereocenters. The molecule has 1 aromatic heterocycles. The average molecular weight is 316 g/mol. The summed E-state index contributed by atoms with van der Waals surface area (Å²) < 4.78 is 1.65. The van der Waals surface area contributed by atoms with E-state index in [0.29, 0.717) is 13.1 Å². The molecule has 2 aromatic rings. The monoisotopic (exact) mass is 316 g/mol. The maximum absolute atomic E-state index is 12.4. The molecule has 3 rings (SSSR count). The summed E-state index contributed by atoms with van der Waals surface area (Å²) in [6.07, 6.45) is 3.85. The Kier molecular flexibility index (Phi) is 4.26. The first kappa shape index (κ1) is 15.8. The number of aromatic amines is 1. The molecule has 0 spiro atoms. The van der Waals surface area contributed by atoms with E-state index < -0.39 is 5.54 Å². The van der Waals surface area contributed by atoms with Gasteiger partial charge < -0.3 is 16.0 Å². The summed E-state index contributed by atoms with van der Waals surface area (Å²) in [5.41, 5.74) is 7.35. The topological polar surface area (TPSA) is 92.9 Å². The second-order valence-electron chi connectivity index (χ2n) is 6.69. The minimum absolute atomic E-state index is 0.00240. The highest BCUT2D eigenvalue weighted by atomic mass is 16.2. The number of rotatable bonds is 4. The SMILES string of the molecule is CC1(N)CCCCC1C(=O)NCCn1c(=O)[nH]c2ccccc21. The Morgan fingerprint density at radius 2 is 2.22 bits per heavy atom. The molecule has 0 radical (unpaired) electrons. The first-order valence-electron chi connectivity index (χ1n) is 8.23. The summed E-state index contributed by atoms with van der Waals surface area (Å²) >= 11 is 0. The molecule has 1 aliphatic rings. The highest BCUT2D eigenvalue weighted by molar-refractivity contribution is 5.80. The lowest BCUT2D eigenvalue weighted by atomic mass is 9.74. The number of hydrogen-bond donors (Lipinski definition) is 3. The van der Waals surface area contributed by atoms with E-state index >= 15 is 0 Å². The Bertz CT molecular complexity index is 759. The van der Waals surface area contributed by atoms with Gasteiger partial charge in [0.25, 0.3) is 0 Å². The minimum atomic E-state index is -0.431. The number of fused-ring (bicyclic) bond motifs is 1. The number of benzene rings is 1. The second kappa shape index (κ2) is 6.20. The third-order valence-electron chi connectivity index (χ3n) is 4.89. The van der Waals surface area contributed by atoms with E-state index in [-0.39, 0.29) is 17.5 Å². The lowest BCUT2D eigenvalue weighted by Gasteiger charge is -2.37. The summed E-state index contributed by atoms with van der Waals surface area (Å²) in [6.45, 7) is 2.83. The number of nitrogens with two attached hydrogens (primary N) is 1. The number of carbonyl (C=O) groups is 1. The molecule has 4 N–H and O–H groups in total. The summed E-state index contributed by atoms with van der Waals surface area (Å²) in [4.78, 5) is 27.2. The van der Waals surface area contributed by atoms with Crippen molar-refractivity contribution in [3.05, 3.63) is 34.7 Å². The quantitative estimate of drug-likeness (QED) is 0.795. The van der Waals surface area contributed by atoms with Gasteiger partial charge in [-0.3, -0.25) is 9.36 Å². The molecule has 124 valence electrons. The van der Waals surface area contributed by atoms with Crippen molar-refractivity contribution in [3.8, 4) is 0 Å². The third-order valence-corrected chi connectivity index (χ3v) is 4.89. The molecule has 23 heavy (non-hydrogen) atoms. The standard InChI is InChI=1S/C17H24N4O2/c1-17(18)9-5-4-6-12(17)15(22)19-10-11-21-14-8-3-2-7-13(14)20-16(21)23/h2-3,7-8,12H,4-6,9-11,18H2,1H3,(H,19,22)(H,20,23). The number of aromatic nitrogens is 2. The number of nitrogens with one attached hydrogen (secondary N) is 2. The first-order chi connectivity index (χ1) is 11.0. The molecule has 6 nitrogen and oxygen atoms in total. The van der Waals surface area contributed by atoms with E-state index in [1.165, 1.54) is 0 Å². The predicted octanol–water partition coefficient (Wildman–Crippen LogP) is 1.35. The van der Waals surface area contributed by atoms with E-state index in [1.54, 1.807) is 4.57 Å². The number of hydrogen-bond acceptors (Lipinski definition) is 3. The summed E-state index contributed by atoms with van der Waals surface area (Å²) in [5.74, 6) is -0.140. The van der Waals surface area contributed by atoms with Gasteiger partial charge in [-0.25, -0.2) is 4.79 Å². The van der Waals surface area contributed by atoms with Gasteiger partial charge in [-0.15, -0.1) is 0 Å². The van der Waals surface area contributed by atoms with Crippen LogP contribution >= 0.6 is 0 Å². The normalized spacial score (nSPS) is 24.7. The van der Waals surface area contributed by atoms with Gasteiger partial charge in [-0.05, 0) is 31.9 Å². The Balaban J connectivity index is 1.63. The average Bonchev–Trinajstić information content (AvgIpc) is 2.82. The molecule has 0 saturated heterocycles. The van der Waals surface area contributed by atoms with Gasteiger partial charge in [0.05, 0.1) is 17.0 Å². The Labute approximate surface area is 135 Å². The van der Waals surface area contributed by atoms with E-state index in [4.69, 9.17) is 5.73 Å². The Morgan fingerprint density at radius 1 is 1.43 bits per heavy atom. The molecule has 6 heteroatoms. The van der Waals surface area contributed by atoms with E-state index in [2.05, 4.69) is 10.3 Å². The van der Waals surface area contributed by atoms with E-state index in [9.17, 15) is 9.59 Å². The summed E-state index contributed by atoms with van der Waals surface area (Å²) in [5, 5.41) is 2.95. The smallest absolute Gasteiger partial charge is 0.326 e. The number of carbonyl (C=O) groups excluding carboxylic acids is 1. The van der Waals surface area contributed by atoms with Crippen molar-refractivity contribution in [1.82, 2.24) is 14.9 Å². The number of nitrogens with zero attached hydrogens (tertiary/aromatic N) is 1. The molecule has 1 heterocycles. The van der Waals surface area contributed by atoms with Crippen LogP contribution in [0.3, 0.4) is 0 Å². The molecule has 1 saturated carbocycles. The van der Waals surface area contributed by atoms with Crippen molar-refractivity contribution >= 4 is 16.9 Å². The first-order valence-corrected chi connectivity index (χ1v) is 8.23. The highest BCUT2D eigenvalue weighted by Crippen LogP contribution is 2.31. The second-order valence-corrected chi connectivity index (χ2v) is 6.69. The molecule has 0 aliphatic heterocycles. The van der Waals surface area contributed by atoms with Gasteiger partial charge in [-0.2, -0.15) is 0 Å². The van der Waals surface area contributed by atoms with Crippen LogP contribution in [-0.4, -0.2) is 27.5 Å². The van der Waals surface area contributed by atoms with Crippen LogP contribution in [-0.2, 0) is 11.3 Å². The Hall–Kier alpha value is -2.08. The molecule has 1 aromatic carbocycles. The number of H-pyrrole nitrogens is 1. The third kappa shape index (κ3) is 3.17. The van der Waals surface area contributed by atoms with E-state index in [0.717, 1.165) is 36.7 Å². The lowest BCUT2D eigenvalue weighted by molar-refractivity contribution is -0.128. The van der Waals surface area contributed by atoms with Gasteiger partial charge in [0.2, 0.25) is 5.91 Å². The van der Waals surface area contributed by atoms with Gasteiger partial charge in [0, 0.05) is 18.6 Å². The molecule has 2 unspecified atom stereocenters. The van der Waals surface area contributed by atoms with Crippen molar-refractivity contribution < 1.29 is 4.79 Å². The van der Waals surface area contributed by atoms with Crippen LogP contribution in [0.25, 0.3) is 11.0 Å². The van der Waals surface area contributed by atoms with Gasteiger partial charge in [0.1, 0.15) is 0 Å². The van der Waals surface area contributed by atoms with Crippen LogP contribution in [0.4, 0.5) is 0 Å². The summed E-state index contributed by atoms with van der Waals surface area (Å²) in [6, 6.07) is 7.54.